The van der Waals surface area contributed by atoms with Gasteiger partial charge in [0.1, 0.15) is 0 Å². The molecule has 0 saturated heterocycles. The number of benzene rings is 5. The number of nitrogens with zero attached hydrogens (tertiary/aromatic N) is 5. The lowest BCUT2D eigenvalue weighted by molar-refractivity contribution is 1.18. The van der Waals surface area contributed by atoms with Crippen LogP contribution in [0.15, 0.2) is 200 Å². The molecule has 0 bridgehead atoms. The van der Waals surface area contributed by atoms with Gasteiger partial charge in [0.05, 0.1) is 34.2 Å². The van der Waals surface area contributed by atoms with E-state index in [0.717, 1.165) is 84.2 Å². The molecule has 0 N–H and O–H groups in total. The van der Waals surface area contributed by atoms with E-state index in [0.29, 0.717) is 5.82 Å². The van der Waals surface area contributed by atoms with Gasteiger partial charge in [-0.05, 0) is 64.2 Å². The van der Waals surface area contributed by atoms with Crippen molar-refractivity contribution in [2.75, 3.05) is 0 Å². The van der Waals surface area contributed by atoms with Gasteiger partial charge in [-0.15, -0.1) is 0 Å². The zero-order valence-corrected chi connectivity index (χ0v) is 29.3. The number of aromatic nitrogens is 5. The molecule has 4 aromatic heterocycles. The summed E-state index contributed by atoms with van der Waals surface area (Å²) in [7, 11) is 0. The van der Waals surface area contributed by atoms with Crippen molar-refractivity contribution >= 4 is 0 Å². The maximum absolute atomic E-state index is 5.15. The standard InChI is InChI=1S/C49H33N5/c1-4-15-34(16-5-1)39-31-46(43-24-12-13-29-50-43)52-47(32-39)48-42(23-14-30-51-48)41-22-11-10-21-40(41)35-25-27-38(28-26-35)49-53-44(36-17-6-2-7-18-36)33-45(54-49)37-19-8-3-9-20-37/h1-33H. The first-order chi connectivity index (χ1) is 26.8. The van der Waals surface area contributed by atoms with Gasteiger partial charge in [0, 0.05) is 34.6 Å². The van der Waals surface area contributed by atoms with E-state index in [9.17, 15) is 0 Å². The van der Waals surface area contributed by atoms with Crippen LogP contribution in [-0.4, -0.2) is 24.9 Å². The summed E-state index contributed by atoms with van der Waals surface area (Å²) in [6, 6.07) is 64.2. The fourth-order valence-electron chi connectivity index (χ4n) is 6.78. The Hall–Kier alpha value is -7.37. The monoisotopic (exact) mass is 691 g/mol. The van der Waals surface area contributed by atoms with E-state index < -0.39 is 0 Å². The lowest BCUT2D eigenvalue weighted by Gasteiger charge is -2.15. The molecule has 0 unspecified atom stereocenters. The Morgan fingerprint density at radius 2 is 0.796 bits per heavy atom. The molecule has 0 spiro atoms. The number of hydrogen-bond donors (Lipinski definition) is 0. The third kappa shape index (κ3) is 6.70. The highest BCUT2D eigenvalue weighted by Gasteiger charge is 2.18. The van der Waals surface area contributed by atoms with Crippen LogP contribution in [0.25, 0.3) is 90.1 Å². The molecule has 4 heterocycles. The van der Waals surface area contributed by atoms with Gasteiger partial charge in [-0.3, -0.25) is 9.97 Å². The average molecular weight is 692 g/mol. The molecule has 9 aromatic rings. The van der Waals surface area contributed by atoms with Crippen molar-refractivity contribution < 1.29 is 0 Å². The molecule has 0 radical (unpaired) electrons. The number of rotatable bonds is 8. The number of pyridine rings is 3. The maximum atomic E-state index is 5.15. The highest BCUT2D eigenvalue weighted by atomic mass is 14.9. The third-order valence-corrected chi connectivity index (χ3v) is 9.45. The first kappa shape index (κ1) is 32.5. The summed E-state index contributed by atoms with van der Waals surface area (Å²) in [5, 5.41) is 0. The van der Waals surface area contributed by atoms with Gasteiger partial charge < -0.3 is 0 Å². The van der Waals surface area contributed by atoms with Crippen LogP contribution in [0.5, 0.6) is 0 Å². The minimum Gasteiger partial charge on any atom is -0.255 e. The van der Waals surface area contributed by atoms with Crippen molar-refractivity contribution in [1.29, 1.82) is 0 Å². The fourth-order valence-corrected chi connectivity index (χ4v) is 6.78. The molecule has 0 amide bonds. The van der Waals surface area contributed by atoms with Crippen molar-refractivity contribution in [3.05, 3.63) is 200 Å². The van der Waals surface area contributed by atoms with Crippen LogP contribution in [-0.2, 0) is 0 Å². The SMILES string of the molecule is c1ccc(-c2cc(-c3ccccn3)nc(-c3ncccc3-c3ccccc3-c3ccc(-c4nc(-c5ccccc5)cc(-c5ccccc5)n4)cc3)c2)cc1. The average Bonchev–Trinajstić information content (AvgIpc) is 3.27. The minimum absolute atomic E-state index is 0.678. The topological polar surface area (TPSA) is 64.5 Å². The smallest absolute Gasteiger partial charge is 0.160 e. The van der Waals surface area contributed by atoms with Crippen molar-refractivity contribution in [1.82, 2.24) is 24.9 Å². The molecule has 9 rings (SSSR count). The summed E-state index contributed by atoms with van der Waals surface area (Å²) < 4.78 is 0. The predicted molar refractivity (Wildman–Crippen MR) is 219 cm³/mol. The summed E-state index contributed by atoms with van der Waals surface area (Å²) in [5.74, 6) is 0.678. The summed E-state index contributed by atoms with van der Waals surface area (Å²) in [6.45, 7) is 0. The Balaban J connectivity index is 1.12. The number of hydrogen-bond acceptors (Lipinski definition) is 5. The van der Waals surface area contributed by atoms with Crippen molar-refractivity contribution in [3.63, 3.8) is 0 Å². The van der Waals surface area contributed by atoms with Crippen LogP contribution in [0.1, 0.15) is 0 Å². The van der Waals surface area contributed by atoms with Gasteiger partial charge >= 0.3 is 0 Å². The Kier molecular flexibility index (Phi) is 8.86. The normalized spacial score (nSPS) is 11.0. The Morgan fingerprint density at radius 3 is 1.44 bits per heavy atom. The molecule has 0 aliphatic carbocycles. The Labute approximate surface area is 314 Å². The van der Waals surface area contributed by atoms with E-state index in [-0.39, 0.29) is 0 Å². The van der Waals surface area contributed by atoms with E-state index in [4.69, 9.17) is 19.9 Å². The van der Waals surface area contributed by atoms with E-state index in [1.54, 1.807) is 6.20 Å². The molecular weight excluding hydrogens is 659 g/mol. The molecule has 0 aliphatic rings. The van der Waals surface area contributed by atoms with Crippen molar-refractivity contribution in [2.24, 2.45) is 0 Å². The van der Waals surface area contributed by atoms with E-state index in [2.05, 4.69) is 126 Å². The first-order valence-electron chi connectivity index (χ1n) is 17.9. The van der Waals surface area contributed by atoms with Gasteiger partial charge in [-0.1, -0.05) is 152 Å². The van der Waals surface area contributed by atoms with E-state index >= 15 is 0 Å². The summed E-state index contributed by atoms with van der Waals surface area (Å²) in [4.78, 5) is 24.8. The van der Waals surface area contributed by atoms with Gasteiger partial charge in [-0.25, -0.2) is 15.0 Å². The highest BCUT2D eigenvalue weighted by Crippen LogP contribution is 2.39. The molecule has 0 atom stereocenters. The van der Waals surface area contributed by atoms with Gasteiger partial charge in [0.15, 0.2) is 5.82 Å². The van der Waals surface area contributed by atoms with Crippen LogP contribution in [0, 0.1) is 0 Å². The molecule has 0 aliphatic heterocycles. The molecule has 0 saturated carbocycles. The van der Waals surface area contributed by atoms with Crippen molar-refractivity contribution in [3.8, 4) is 90.1 Å². The lowest BCUT2D eigenvalue weighted by Crippen LogP contribution is -1.97. The van der Waals surface area contributed by atoms with Crippen molar-refractivity contribution in [2.45, 2.75) is 0 Å². The second kappa shape index (κ2) is 14.7. The third-order valence-electron chi connectivity index (χ3n) is 9.45. The van der Waals surface area contributed by atoms with Crippen LogP contribution in [0.2, 0.25) is 0 Å². The van der Waals surface area contributed by atoms with E-state index in [1.807, 2.05) is 72.9 Å². The van der Waals surface area contributed by atoms with Gasteiger partial charge in [0.25, 0.3) is 0 Å². The quantitative estimate of drug-likeness (QED) is 0.159. The lowest BCUT2D eigenvalue weighted by atomic mass is 9.92. The van der Waals surface area contributed by atoms with Gasteiger partial charge in [0.2, 0.25) is 0 Å². The molecule has 54 heavy (non-hydrogen) atoms. The zero-order valence-electron chi connectivity index (χ0n) is 29.3. The van der Waals surface area contributed by atoms with Gasteiger partial charge in [-0.2, -0.15) is 0 Å². The molecule has 5 heteroatoms. The summed E-state index contributed by atoms with van der Waals surface area (Å²) in [6.07, 6.45) is 3.63. The second-order valence-electron chi connectivity index (χ2n) is 12.9. The molecule has 0 fully saturated rings. The van der Waals surface area contributed by atoms with Crippen LogP contribution >= 0.6 is 0 Å². The Morgan fingerprint density at radius 1 is 0.259 bits per heavy atom. The molecular formula is C49H33N5. The van der Waals surface area contributed by atoms with Crippen LogP contribution in [0.4, 0.5) is 0 Å². The first-order valence-corrected chi connectivity index (χ1v) is 17.9. The second-order valence-corrected chi connectivity index (χ2v) is 12.9. The minimum atomic E-state index is 0.678. The van der Waals surface area contributed by atoms with Crippen LogP contribution < -0.4 is 0 Å². The van der Waals surface area contributed by atoms with E-state index in [1.165, 1.54) is 0 Å². The predicted octanol–water partition coefficient (Wildman–Crippen LogP) is 12.0. The zero-order chi connectivity index (χ0) is 36.1. The fraction of sp³-hybridized carbons (Fsp3) is 0. The molecule has 254 valence electrons. The Bertz CT molecular complexity index is 2560. The highest BCUT2D eigenvalue weighted by molar-refractivity contribution is 5.91. The molecule has 5 aromatic carbocycles. The largest absolute Gasteiger partial charge is 0.255 e. The maximum Gasteiger partial charge on any atom is 0.160 e. The summed E-state index contributed by atoms with van der Waals surface area (Å²) in [5.41, 5.74) is 14.4. The van der Waals surface area contributed by atoms with Crippen LogP contribution in [0.3, 0.4) is 0 Å². The summed E-state index contributed by atoms with van der Waals surface area (Å²) >= 11 is 0. The molecule has 5 nitrogen and oxygen atoms in total.